The van der Waals surface area contributed by atoms with Gasteiger partial charge in [-0.15, -0.1) is 0 Å². The summed E-state index contributed by atoms with van der Waals surface area (Å²) in [6.07, 6.45) is 0.610. The topological polar surface area (TPSA) is 67.4 Å². The molecule has 7 heteroatoms. The first-order valence-electron chi connectivity index (χ1n) is 6.81. The summed E-state index contributed by atoms with van der Waals surface area (Å²) in [5.74, 6) is 0.968. The average Bonchev–Trinajstić information content (AvgIpc) is 2.77. The number of aryl methyl sites for hydroxylation is 1. The molecule has 2 N–H and O–H groups in total. The van der Waals surface area contributed by atoms with Crippen molar-refractivity contribution in [3.8, 4) is 0 Å². The molecule has 1 aromatic heterocycles. The average molecular weight is 283 g/mol. The summed E-state index contributed by atoms with van der Waals surface area (Å²) in [5.41, 5.74) is 6.52. The lowest BCUT2D eigenvalue weighted by molar-refractivity contribution is -0.109. The molecule has 1 saturated heterocycles. The number of carbonyl (C=O) groups excluding carboxylic acids is 1. The Morgan fingerprint density at radius 3 is 2.85 bits per heavy atom. The lowest BCUT2D eigenvalue weighted by Gasteiger charge is -2.33. The number of anilines is 1. The van der Waals surface area contributed by atoms with Crippen LogP contribution in [-0.2, 0) is 17.9 Å². The van der Waals surface area contributed by atoms with Crippen LogP contribution in [0, 0.1) is 0 Å². The van der Waals surface area contributed by atoms with Crippen LogP contribution in [0.1, 0.15) is 12.1 Å². The van der Waals surface area contributed by atoms with Gasteiger partial charge in [-0.05, 0) is 6.42 Å². The lowest BCUT2D eigenvalue weighted by atomic mass is 10.2. The Kier molecular flexibility index (Phi) is 4.72. The number of halogens is 1. The van der Waals surface area contributed by atoms with E-state index in [1.807, 2.05) is 34.6 Å². The van der Waals surface area contributed by atoms with E-state index in [0.29, 0.717) is 32.6 Å². The first-order chi connectivity index (χ1) is 9.49. The summed E-state index contributed by atoms with van der Waals surface area (Å²) >= 11 is 0. The highest BCUT2D eigenvalue weighted by Crippen LogP contribution is 2.19. The summed E-state index contributed by atoms with van der Waals surface area (Å²) in [6.45, 7) is 2.23. The van der Waals surface area contributed by atoms with Crippen LogP contribution in [-0.4, -0.2) is 60.4 Å². The van der Waals surface area contributed by atoms with Crippen LogP contribution >= 0.6 is 0 Å². The van der Waals surface area contributed by atoms with Gasteiger partial charge >= 0.3 is 0 Å². The third-order valence-corrected chi connectivity index (χ3v) is 3.41. The quantitative estimate of drug-likeness (QED) is 0.715. The number of likely N-dealkylation sites (tertiary alicyclic amines) is 1. The largest absolute Gasteiger partial charge is 0.363 e. The Labute approximate surface area is 118 Å². The van der Waals surface area contributed by atoms with Gasteiger partial charge in [-0.3, -0.25) is 4.90 Å². The molecule has 0 bridgehead atoms. The zero-order chi connectivity index (χ0) is 14.7. The van der Waals surface area contributed by atoms with E-state index in [1.165, 1.54) is 0 Å². The molecule has 20 heavy (non-hydrogen) atoms. The Morgan fingerprint density at radius 1 is 1.60 bits per heavy atom. The predicted octanol–water partition coefficient (Wildman–Crippen LogP) is 0.0191. The smallest absolute Gasteiger partial charge is 0.136 e. The van der Waals surface area contributed by atoms with E-state index in [2.05, 4.69) is 5.10 Å². The Balaban J connectivity index is 2.01. The molecule has 0 saturated carbocycles. The first-order valence-corrected chi connectivity index (χ1v) is 6.81. The van der Waals surface area contributed by atoms with Crippen molar-refractivity contribution in [3.05, 3.63) is 11.8 Å². The molecular weight excluding hydrogens is 261 g/mol. The van der Waals surface area contributed by atoms with Gasteiger partial charge in [0.25, 0.3) is 0 Å². The van der Waals surface area contributed by atoms with Crippen molar-refractivity contribution in [3.63, 3.8) is 0 Å². The third-order valence-electron chi connectivity index (χ3n) is 3.41. The van der Waals surface area contributed by atoms with Gasteiger partial charge in [0.1, 0.15) is 18.3 Å². The molecule has 1 unspecified atom stereocenters. The standard InChI is InChI=1S/C13H22FN5O/c1-17(2)13-5-12(8-18-6-10(14)7-18)16-19(13)4-3-11(15)9-20/h5,9-11H,3-4,6-8,15H2,1-2H3. The van der Waals surface area contributed by atoms with Gasteiger partial charge < -0.3 is 15.4 Å². The highest BCUT2D eigenvalue weighted by Gasteiger charge is 2.26. The molecular formula is C13H22FN5O. The number of nitrogens with two attached hydrogens (primary N) is 1. The van der Waals surface area contributed by atoms with E-state index >= 15 is 0 Å². The number of carbonyl (C=O) groups is 1. The Morgan fingerprint density at radius 2 is 2.30 bits per heavy atom. The summed E-state index contributed by atoms with van der Waals surface area (Å²) in [7, 11) is 3.89. The van der Waals surface area contributed by atoms with Crippen molar-refractivity contribution in [1.29, 1.82) is 0 Å². The van der Waals surface area contributed by atoms with E-state index in [9.17, 15) is 9.18 Å². The molecule has 2 heterocycles. The van der Waals surface area contributed by atoms with E-state index in [4.69, 9.17) is 5.73 Å². The van der Waals surface area contributed by atoms with E-state index < -0.39 is 12.2 Å². The molecule has 0 amide bonds. The molecule has 0 aromatic carbocycles. The van der Waals surface area contributed by atoms with Crippen molar-refractivity contribution in [2.24, 2.45) is 5.73 Å². The van der Waals surface area contributed by atoms with Gasteiger partial charge in [0.05, 0.1) is 11.7 Å². The number of alkyl halides is 1. The number of hydrogen-bond acceptors (Lipinski definition) is 5. The maximum Gasteiger partial charge on any atom is 0.136 e. The van der Waals surface area contributed by atoms with Crippen LogP contribution in [0.2, 0.25) is 0 Å². The molecule has 1 aliphatic rings. The van der Waals surface area contributed by atoms with Gasteiger partial charge in [-0.1, -0.05) is 0 Å². The monoisotopic (exact) mass is 283 g/mol. The number of rotatable bonds is 7. The maximum absolute atomic E-state index is 12.8. The van der Waals surface area contributed by atoms with Crippen molar-refractivity contribution in [1.82, 2.24) is 14.7 Å². The van der Waals surface area contributed by atoms with Gasteiger partial charge in [-0.25, -0.2) is 9.07 Å². The highest BCUT2D eigenvalue weighted by atomic mass is 19.1. The summed E-state index contributed by atoms with van der Waals surface area (Å²) in [4.78, 5) is 14.6. The molecule has 112 valence electrons. The fourth-order valence-corrected chi connectivity index (χ4v) is 2.26. The summed E-state index contributed by atoms with van der Waals surface area (Å²) in [5, 5.41) is 4.52. The Bertz CT molecular complexity index is 456. The van der Waals surface area contributed by atoms with E-state index in [-0.39, 0.29) is 0 Å². The molecule has 2 rings (SSSR count). The van der Waals surface area contributed by atoms with Gasteiger partial charge in [0.15, 0.2) is 0 Å². The second kappa shape index (κ2) is 6.32. The molecule has 1 aliphatic heterocycles. The lowest BCUT2D eigenvalue weighted by Crippen LogP contribution is -2.47. The van der Waals surface area contributed by atoms with Crippen molar-refractivity contribution in [2.45, 2.75) is 31.7 Å². The number of aromatic nitrogens is 2. The minimum atomic E-state index is -0.698. The van der Waals surface area contributed by atoms with Crippen molar-refractivity contribution >= 4 is 12.1 Å². The molecule has 0 spiro atoms. The minimum absolute atomic E-state index is 0.458. The number of aldehydes is 1. The predicted molar refractivity (Wildman–Crippen MR) is 75.4 cm³/mol. The summed E-state index contributed by atoms with van der Waals surface area (Å²) in [6, 6.07) is 1.54. The van der Waals surface area contributed by atoms with E-state index in [0.717, 1.165) is 17.8 Å². The SMILES string of the molecule is CN(C)c1cc(CN2CC(F)C2)nn1CCC(N)C=O. The summed E-state index contributed by atoms with van der Waals surface area (Å²) < 4.78 is 14.7. The van der Waals surface area contributed by atoms with Crippen LogP contribution < -0.4 is 10.6 Å². The van der Waals surface area contributed by atoms with Crippen LogP contribution in [0.3, 0.4) is 0 Å². The zero-order valence-corrected chi connectivity index (χ0v) is 12.0. The molecule has 0 radical (unpaired) electrons. The van der Waals surface area contributed by atoms with Crippen molar-refractivity contribution in [2.75, 3.05) is 32.1 Å². The second-order valence-corrected chi connectivity index (χ2v) is 5.49. The van der Waals surface area contributed by atoms with Crippen LogP contribution in [0.4, 0.5) is 10.2 Å². The van der Waals surface area contributed by atoms with Crippen molar-refractivity contribution < 1.29 is 9.18 Å². The molecule has 1 fully saturated rings. The van der Waals surface area contributed by atoms with Gasteiger partial charge in [0.2, 0.25) is 0 Å². The molecule has 6 nitrogen and oxygen atoms in total. The fraction of sp³-hybridized carbons (Fsp3) is 0.692. The maximum atomic E-state index is 12.8. The first kappa shape index (κ1) is 14.9. The number of nitrogens with zero attached hydrogens (tertiary/aromatic N) is 4. The zero-order valence-electron chi connectivity index (χ0n) is 12.0. The second-order valence-electron chi connectivity index (χ2n) is 5.49. The molecule has 1 atom stereocenters. The van der Waals surface area contributed by atoms with Gasteiger partial charge in [0, 0.05) is 46.3 Å². The highest BCUT2D eigenvalue weighted by molar-refractivity contribution is 5.56. The van der Waals surface area contributed by atoms with Gasteiger partial charge in [-0.2, -0.15) is 5.10 Å². The Hall–Kier alpha value is -1.47. The minimum Gasteiger partial charge on any atom is -0.363 e. The normalized spacial score (nSPS) is 17.8. The van der Waals surface area contributed by atoms with E-state index in [1.54, 1.807) is 0 Å². The fourth-order valence-electron chi connectivity index (χ4n) is 2.26. The van der Waals surface area contributed by atoms with Crippen LogP contribution in [0.25, 0.3) is 0 Å². The van der Waals surface area contributed by atoms with Crippen LogP contribution in [0.15, 0.2) is 6.07 Å². The molecule has 0 aliphatic carbocycles. The number of hydrogen-bond donors (Lipinski definition) is 1. The molecule has 1 aromatic rings. The van der Waals surface area contributed by atoms with Crippen LogP contribution in [0.5, 0.6) is 0 Å². The third kappa shape index (κ3) is 3.55.